The number of nitrogens with one attached hydrogen (secondary N) is 1. The molecular formula is C28H32FN3O4S. The van der Waals surface area contributed by atoms with Crippen LogP contribution in [0.3, 0.4) is 0 Å². The number of carbonyl (C=O) groups is 2. The van der Waals surface area contributed by atoms with Gasteiger partial charge in [0.05, 0.1) is 10.6 Å². The third-order valence-electron chi connectivity index (χ3n) is 6.00. The molecule has 2 amide bonds. The number of hydrogen-bond acceptors (Lipinski definition) is 4. The van der Waals surface area contributed by atoms with Gasteiger partial charge in [-0.15, -0.1) is 0 Å². The molecule has 0 heterocycles. The number of anilines is 1. The topological polar surface area (TPSA) is 86.8 Å². The van der Waals surface area contributed by atoms with Crippen LogP contribution >= 0.6 is 0 Å². The van der Waals surface area contributed by atoms with Gasteiger partial charge in [-0.05, 0) is 73.4 Å². The molecule has 0 aliphatic heterocycles. The number of hydrogen-bond donors (Lipinski definition) is 1. The number of nitrogens with zero attached hydrogens (tertiary/aromatic N) is 2. The van der Waals surface area contributed by atoms with E-state index in [4.69, 9.17) is 0 Å². The maximum Gasteiger partial charge on any atom is 0.264 e. The van der Waals surface area contributed by atoms with E-state index in [9.17, 15) is 22.4 Å². The molecule has 7 nitrogen and oxygen atoms in total. The van der Waals surface area contributed by atoms with Gasteiger partial charge in [0.2, 0.25) is 11.8 Å². The SMILES string of the molecule is CC[C@H](C(=O)NC)N(Cc1ccc(F)cc1)C(=O)CN(c1cc(C)cc(C)c1)S(=O)(=O)c1ccccc1. The Hall–Kier alpha value is -3.72. The molecule has 0 aromatic heterocycles. The summed E-state index contributed by atoms with van der Waals surface area (Å²) in [7, 11) is -2.64. The van der Waals surface area contributed by atoms with E-state index < -0.39 is 34.3 Å². The fourth-order valence-electron chi connectivity index (χ4n) is 4.22. The van der Waals surface area contributed by atoms with Crippen molar-refractivity contribution in [2.75, 3.05) is 17.9 Å². The van der Waals surface area contributed by atoms with Gasteiger partial charge in [0.1, 0.15) is 18.4 Å². The Balaban J connectivity index is 2.07. The molecule has 196 valence electrons. The number of halogens is 1. The quantitative estimate of drug-likeness (QED) is 0.430. The van der Waals surface area contributed by atoms with Crippen molar-refractivity contribution < 1.29 is 22.4 Å². The van der Waals surface area contributed by atoms with Gasteiger partial charge in [0, 0.05) is 13.6 Å². The van der Waals surface area contributed by atoms with E-state index in [1.807, 2.05) is 19.9 Å². The van der Waals surface area contributed by atoms with E-state index in [0.29, 0.717) is 17.7 Å². The zero-order valence-electron chi connectivity index (χ0n) is 21.4. The maximum absolute atomic E-state index is 13.8. The number of likely N-dealkylation sites (N-methyl/N-ethyl adjacent to an activating group) is 1. The van der Waals surface area contributed by atoms with E-state index in [0.717, 1.165) is 15.4 Å². The van der Waals surface area contributed by atoms with Crippen molar-refractivity contribution in [3.8, 4) is 0 Å². The summed E-state index contributed by atoms with van der Waals surface area (Å²) in [5.74, 6) is -1.35. The van der Waals surface area contributed by atoms with Gasteiger partial charge in [-0.25, -0.2) is 12.8 Å². The highest BCUT2D eigenvalue weighted by atomic mass is 32.2. The lowest BCUT2D eigenvalue weighted by Crippen LogP contribution is -2.51. The molecule has 0 saturated heterocycles. The second-order valence-electron chi connectivity index (χ2n) is 8.86. The van der Waals surface area contributed by atoms with Crippen LogP contribution < -0.4 is 9.62 Å². The second kappa shape index (κ2) is 12.0. The molecule has 0 bridgehead atoms. The highest BCUT2D eigenvalue weighted by molar-refractivity contribution is 7.92. The minimum Gasteiger partial charge on any atom is -0.357 e. The predicted molar refractivity (Wildman–Crippen MR) is 142 cm³/mol. The van der Waals surface area contributed by atoms with E-state index in [1.165, 1.54) is 48.3 Å². The van der Waals surface area contributed by atoms with E-state index in [-0.39, 0.29) is 17.3 Å². The highest BCUT2D eigenvalue weighted by Gasteiger charge is 2.33. The molecule has 3 rings (SSSR count). The lowest BCUT2D eigenvalue weighted by atomic mass is 10.1. The molecule has 0 saturated carbocycles. The Morgan fingerprint density at radius 1 is 0.946 bits per heavy atom. The Kier molecular flexibility index (Phi) is 9.04. The summed E-state index contributed by atoms with van der Waals surface area (Å²) < 4.78 is 42.1. The molecule has 37 heavy (non-hydrogen) atoms. The van der Waals surface area contributed by atoms with Crippen molar-refractivity contribution in [3.05, 3.63) is 95.3 Å². The van der Waals surface area contributed by atoms with Gasteiger partial charge < -0.3 is 10.2 Å². The zero-order valence-corrected chi connectivity index (χ0v) is 22.3. The summed E-state index contributed by atoms with van der Waals surface area (Å²) >= 11 is 0. The molecule has 3 aromatic carbocycles. The molecule has 0 fully saturated rings. The molecule has 0 radical (unpaired) electrons. The summed E-state index contributed by atoms with van der Waals surface area (Å²) in [6.07, 6.45) is 0.307. The normalized spacial score (nSPS) is 12.0. The average Bonchev–Trinajstić information content (AvgIpc) is 2.87. The van der Waals surface area contributed by atoms with Crippen LogP contribution in [-0.4, -0.2) is 44.8 Å². The third-order valence-corrected chi connectivity index (χ3v) is 7.79. The van der Waals surface area contributed by atoms with Gasteiger partial charge in [0.25, 0.3) is 10.0 Å². The van der Waals surface area contributed by atoms with Crippen molar-refractivity contribution >= 4 is 27.5 Å². The van der Waals surface area contributed by atoms with Crippen LogP contribution in [0, 0.1) is 19.7 Å². The minimum absolute atomic E-state index is 0.0110. The number of rotatable bonds is 10. The summed E-state index contributed by atoms with van der Waals surface area (Å²) in [4.78, 5) is 27.9. The van der Waals surface area contributed by atoms with Crippen molar-refractivity contribution in [2.24, 2.45) is 0 Å². The lowest BCUT2D eigenvalue weighted by molar-refractivity contribution is -0.140. The van der Waals surface area contributed by atoms with Crippen LogP contribution in [0.2, 0.25) is 0 Å². The molecule has 0 aliphatic rings. The van der Waals surface area contributed by atoms with Gasteiger partial charge in [-0.2, -0.15) is 0 Å². The van der Waals surface area contributed by atoms with Crippen LogP contribution in [0.5, 0.6) is 0 Å². The third kappa shape index (κ3) is 6.74. The van der Waals surface area contributed by atoms with E-state index in [2.05, 4.69) is 5.32 Å². The minimum atomic E-state index is -4.12. The monoisotopic (exact) mass is 525 g/mol. The van der Waals surface area contributed by atoms with Crippen LogP contribution in [-0.2, 0) is 26.2 Å². The summed E-state index contributed by atoms with van der Waals surface area (Å²) in [6, 6.07) is 18.0. The summed E-state index contributed by atoms with van der Waals surface area (Å²) in [6.45, 7) is 4.97. The van der Waals surface area contributed by atoms with Gasteiger partial charge in [0.15, 0.2) is 0 Å². The van der Waals surface area contributed by atoms with Crippen LogP contribution in [0.4, 0.5) is 10.1 Å². The number of amides is 2. The van der Waals surface area contributed by atoms with Gasteiger partial charge >= 0.3 is 0 Å². The van der Waals surface area contributed by atoms with Crippen LogP contribution in [0.15, 0.2) is 77.7 Å². The highest BCUT2D eigenvalue weighted by Crippen LogP contribution is 2.27. The number of sulfonamides is 1. The first kappa shape index (κ1) is 27.9. The van der Waals surface area contributed by atoms with Crippen molar-refractivity contribution in [1.29, 1.82) is 0 Å². The lowest BCUT2D eigenvalue weighted by Gasteiger charge is -2.33. The van der Waals surface area contributed by atoms with Crippen molar-refractivity contribution in [2.45, 2.75) is 44.7 Å². The molecule has 1 N–H and O–H groups in total. The Morgan fingerprint density at radius 2 is 1.54 bits per heavy atom. The molecule has 9 heteroatoms. The standard InChI is InChI=1S/C28H32FN3O4S/c1-5-26(28(34)30-4)31(18-22-11-13-23(29)14-12-22)27(33)19-32(24-16-20(2)15-21(3)17-24)37(35,36)25-9-7-6-8-10-25/h6-17,26H,5,18-19H2,1-4H3,(H,30,34)/t26-/m1/s1. The average molecular weight is 526 g/mol. The summed E-state index contributed by atoms with van der Waals surface area (Å²) in [5.41, 5.74) is 2.65. The Bertz CT molecular complexity index is 1330. The fraction of sp³-hybridized carbons (Fsp3) is 0.286. The number of aryl methyl sites for hydroxylation is 2. The molecule has 0 aliphatic carbocycles. The number of carbonyl (C=O) groups excluding carboxylic acids is 2. The van der Waals surface area contributed by atoms with Crippen molar-refractivity contribution in [1.82, 2.24) is 10.2 Å². The van der Waals surface area contributed by atoms with Crippen molar-refractivity contribution in [3.63, 3.8) is 0 Å². The Labute approximate surface area is 218 Å². The summed E-state index contributed by atoms with van der Waals surface area (Å²) in [5, 5.41) is 2.58. The smallest absolute Gasteiger partial charge is 0.264 e. The first-order valence-corrected chi connectivity index (χ1v) is 13.4. The predicted octanol–water partition coefficient (Wildman–Crippen LogP) is 4.19. The fourth-order valence-corrected chi connectivity index (χ4v) is 5.63. The molecule has 3 aromatic rings. The van der Waals surface area contributed by atoms with Crippen LogP contribution in [0.25, 0.3) is 0 Å². The largest absolute Gasteiger partial charge is 0.357 e. The molecule has 0 unspecified atom stereocenters. The zero-order chi connectivity index (χ0) is 27.2. The van der Waals surface area contributed by atoms with E-state index in [1.54, 1.807) is 37.3 Å². The second-order valence-corrected chi connectivity index (χ2v) is 10.7. The molecular weight excluding hydrogens is 493 g/mol. The van der Waals surface area contributed by atoms with Gasteiger partial charge in [-0.3, -0.25) is 13.9 Å². The van der Waals surface area contributed by atoms with Crippen LogP contribution in [0.1, 0.15) is 30.0 Å². The first-order chi connectivity index (χ1) is 17.6. The number of benzene rings is 3. The maximum atomic E-state index is 13.8. The Morgan fingerprint density at radius 3 is 2.08 bits per heavy atom. The molecule has 1 atom stereocenters. The molecule has 0 spiro atoms. The first-order valence-electron chi connectivity index (χ1n) is 12.0. The van der Waals surface area contributed by atoms with E-state index >= 15 is 0 Å². The van der Waals surface area contributed by atoms with Gasteiger partial charge in [-0.1, -0.05) is 43.3 Å².